The van der Waals surface area contributed by atoms with Crippen molar-refractivity contribution in [1.82, 2.24) is 0 Å². The first-order valence-corrected chi connectivity index (χ1v) is 5.96. The van der Waals surface area contributed by atoms with Crippen LogP contribution in [0.5, 0.6) is 0 Å². The number of nitrogens with two attached hydrogens (primary N) is 1. The fourth-order valence-corrected chi connectivity index (χ4v) is 2.93. The highest BCUT2D eigenvalue weighted by atomic mass is 79.9. The van der Waals surface area contributed by atoms with E-state index >= 15 is 0 Å². The average molecular weight is 254 g/mol. The minimum absolute atomic E-state index is 0.0610. The fourth-order valence-electron chi connectivity index (χ4n) is 2.32. The number of benzene rings is 1. The van der Waals surface area contributed by atoms with Gasteiger partial charge in [0, 0.05) is 10.0 Å². The third kappa shape index (κ3) is 1.86. The van der Waals surface area contributed by atoms with E-state index in [1.165, 1.54) is 24.0 Å². The Bertz CT molecular complexity index is 320. The normalized spacial score (nSPS) is 19.9. The Morgan fingerprint density at radius 2 is 1.86 bits per heavy atom. The Morgan fingerprint density at radius 1 is 1.21 bits per heavy atom. The molecule has 1 nitrogen and oxygen atoms in total. The van der Waals surface area contributed by atoms with E-state index < -0.39 is 0 Å². The molecule has 1 aliphatic carbocycles. The van der Waals surface area contributed by atoms with Crippen molar-refractivity contribution in [2.45, 2.75) is 38.1 Å². The van der Waals surface area contributed by atoms with Crippen LogP contribution in [0.2, 0.25) is 0 Å². The number of aryl methyl sites for hydroxylation is 1. The first-order valence-electron chi connectivity index (χ1n) is 5.17. The largest absolute Gasteiger partial charge is 0.321 e. The maximum absolute atomic E-state index is 6.40. The molecule has 0 heterocycles. The van der Waals surface area contributed by atoms with Crippen LogP contribution in [0.4, 0.5) is 0 Å². The van der Waals surface area contributed by atoms with Gasteiger partial charge in [0.1, 0.15) is 0 Å². The van der Waals surface area contributed by atoms with Crippen LogP contribution in [0, 0.1) is 6.92 Å². The maximum atomic E-state index is 6.40. The summed E-state index contributed by atoms with van der Waals surface area (Å²) in [5, 5.41) is 0. The van der Waals surface area contributed by atoms with E-state index in [0.29, 0.717) is 0 Å². The molecular weight excluding hydrogens is 238 g/mol. The van der Waals surface area contributed by atoms with Crippen LogP contribution in [0.25, 0.3) is 0 Å². The van der Waals surface area contributed by atoms with Crippen molar-refractivity contribution in [2.24, 2.45) is 5.73 Å². The van der Waals surface area contributed by atoms with Crippen LogP contribution in [0.3, 0.4) is 0 Å². The molecule has 0 amide bonds. The van der Waals surface area contributed by atoms with E-state index in [-0.39, 0.29) is 5.54 Å². The van der Waals surface area contributed by atoms with E-state index in [0.717, 1.165) is 17.3 Å². The first kappa shape index (κ1) is 10.2. The molecule has 1 saturated carbocycles. The molecule has 0 unspecified atom stereocenters. The van der Waals surface area contributed by atoms with E-state index in [1.54, 1.807) is 0 Å². The number of rotatable bonds is 1. The molecule has 2 N–H and O–H groups in total. The summed E-state index contributed by atoms with van der Waals surface area (Å²) in [6.45, 7) is 2.12. The molecular formula is C12H16BrN. The van der Waals surface area contributed by atoms with Crippen molar-refractivity contribution in [1.29, 1.82) is 0 Å². The summed E-state index contributed by atoms with van der Waals surface area (Å²) >= 11 is 3.53. The highest BCUT2D eigenvalue weighted by Gasteiger charge is 2.31. The van der Waals surface area contributed by atoms with Gasteiger partial charge >= 0.3 is 0 Å². The number of halogens is 1. The molecule has 1 aliphatic rings. The van der Waals surface area contributed by atoms with Crippen LogP contribution in [-0.2, 0) is 5.54 Å². The van der Waals surface area contributed by atoms with Gasteiger partial charge in [-0.05, 0) is 43.0 Å². The lowest BCUT2D eigenvalue weighted by Gasteiger charge is -2.24. The molecule has 2 heteroatoms. The monoisotopic (exact) mass is 253 g/mol. The second kappa shape index (κ2) is 3.67. The standard InChI is InChI=1S/C12H16BrN/c1-9-6-10(8-11(13)7-9)12(14)4-2-3-5-12/h6-8H,2-5,14H2,1H3. The molecule has 14 heavy (non-hydrogen) atoms. The molecule has 76 valence electrons. The summed E-state index contributed by atoms with van der Waals surface area (Å²) < 4.78 is 1.14. The van der Waals surface area contributed by atoms with Gasteiger partial charge in [0.2, 0.25) is 0 Å². The van der Waals surface area contributed by atoms with Crippen molar-refractivity contribution < 1.29 is 0 Å². The predicted molar refractivity (Wildman–Crippen MR) is 63.2 cm³/mol. The number of hydrogen-bond acceptors (Lipinski definition) is 1. The Balaban J connectivity index is 2.40. The minimum Gasteiger partial charge on any atom is -0.321 e. The lowest BCUT2D eigenvalue weighted by atomic mass is 9.89. The van der Waals surface area contributed by atoms with E-state index in [2.05, 4.69) is 41.1 Å². The summed E-state index contributed by atoms with van der Waals surface area (Å²) in [7, 11) is 0. The zero-order valence-corrected chi connectivity index (χ0v) is 10.1. The molecule has 0 bridgehead atoms. The van der Waals surface area contributed by atoms with Gasteiger partial charge in [-0.3, -0.25) is 0 Å². The molecule has 0 saturated heterocycles. The van der Waals surface area contributed by atoms with E-state index in [4.69, 9.17) is 5.73 Å². The molecule has 0 spiro atoms. The molecule has 0 aliphatic heterocycles. The molecule has 0 aromatic heterocycles. The lowest BCUT2D eigenvalue weighted by Crippen LogP contribution is -2.33. The van der Waals surface area contributed by atoms with Crippen molar-refractivity contribution in [3.63, 3.8) is 0 Å². The van der Waals surface area contributed by atoms with Crippen molar-refractivity contribution in [2.75, 3.05) is 0 Å². The molecule has 1 aromatic carbocycles. The van der Waals surface area contributed by atoms with Gasteiger partial charge < -0.3 is 5.73 Å². The van der Waals surface area contributed by atoms with Crippen LogP contribution >= 0.6 is 15.9 Å². The Morgan fingerprint density at radius 3 is 2.43 bits per heavy atom. The summed E-state index contributed by atoms with van der Waals surface area (Å²) in [5.74, 6) is 0. The SMILES string of the molecule is Cc1cc(Br)cc(C2(N)CCCC2)c1. The van der Waals surface area contributed by atoms with Crippen molar-refractivity contribution in [3.05, 3.63) is 33.8 Å². The lowest BCUT2D eigenvalue weighted by molar-refractivity contribution is 0.461. The van der Waals surface area contributed by atoms with Crippen LogP contribution in [0.1, 0.15) is 36.8 Å². The Labute approximate surface area is 93.8 Å². The second-order valence-electron chi connectivity index (χ2n) is 4.38. The Hall–Kier alpha value is -0.340. The van der Waals surface area contributed by atoms with Gasteiger partial charge in [0.05, 0.1) is 0 Å². The minimum atomic E-state index is -0.0610. The van der Waals surface area contributed by atoms with Crippen molar-refractivity contribution >= 4 is 15.9 Å². The average Bonchev–Trinajstić information content (AvgIpc) is 2.52. The van der Waals surface area contributed by atoms with Crippen LogP contribution in [-0.4, -0.2) is 0 Å². The fraction of sp³-hybridized carbons (Fsp3) is 0.500. The third-order valence-electron chi connectivity index (χ3n) is 3.11. The van der Waals surface area contributed by atoms with Gasteiger partial charge in [0.25, 0.3) is 0 Å². The smallest absolute Gasteiger partial charge is 0.0410 e. The zero-order valence-electron chi connectivity index (χ0n) is 8.52. The second-order valence-corrected chi connectivity index (χ2v) is 5.30. The highest BCUT2D eigenvalue weighted by Crippen LogP contribution is 2.37. The molecule has 1 aromatic rings. The number of hydrogen-bond donors (Lipinski definition) is 1. The Kier molecular flexibility index (Phi) is 2.67. The topological polar surface area (TPSA) is 26.0 Å². The molecule has 0 atom stereocenters. The third-order valence-corrected chi connectivity index (χ3v) is 3.57. The zero-order chi connectivity index (χ0) is 10.2. The van der Waals surface area contributed by atoms with E-state index in [9.17, 15) is 0 Å². The maximum Gasteiger partial charge on any atom is 0.0410 e. The quantitative estimate of drug-likeness (QED) is 0.815. The van der Waals surface area contributed by atoms with Crippen molar-refractivity contribution in [3.8, 4) is 0 Å². The van der Waals surface area contributed by atoms with Gasteiger partial charge in [-0.25, -0.2) is 0 Å². The summed E-state index contributed by atoms with van der Waals surface area (Å²) in [6.07, 6.45) is 4.79. The highest BCUT2D eigenvalue weighted by molar-refractivity contribution is 9.10. The van der Waals surface area contributed by atoms with Crippen LogP contribution < -0.4 is 5.73 Å². The summed E-state index contributed by atoms with van der Waals surface area (Å²) in [4.78, 5) is 0. The first-order chi connectivity index (χ1) is 6.60. The molecule has 1 fully saturated rings. The molecule has 2 rings (SSSR count). The van der Waals surface area contributed by atoms with Gasteiger partial charge in [-0.1, -0.05) is 34.8 Å². The summed E-state index contributed by atoms with van der Waals surface area (Å²) in [6, 6.07) is 6.51. The van der Waals surface area contributed by atoms with Gasteiger partial charge in [-0.15, -0.1) is 0 Å². The van der Waals surface area contributed by atoms with Gasteiger partial charge in [0.15, 0.2) is 0 Å². The van der Waals surface area contributed by atoms with Crippen LogP contribution in [0.15, 0.2) is 22.7 Å². The van der Waals surface area contributed by atoms with E-state index in [1.807, 2.05) is 0 Å². The molecule has 0 radical (unpaired) electrons. The summed E-state index contributed by atoms with van der Waals surface area (Å²) in [5.41, 5.74) is 8.91. The van der Waals surface area contributed by atoms with Gasteiger partial charge in [-0.2, -0.15) is 0 Å². The predicted octanol–water partition coefficient (Wildman–Crippen LogP) is 3.49.